The molecule has 2 heterocycles. The summed E-state index contributed by atoms with van der Waals surface area (Å²) in [5, 5.41) is 14.3. The number of carboxylic acids is 1. The largest absolute Gasteiger partial charge is 0.480 e. The standard InChI is InChI=1S/C27H30F3N5O2S2/c1-5-18-13-32-24(33-14-18)35(12-11-22-17-38-25(34-22)39-26(3,4)23(36)37)16-19(6-2)15-31-21-9-7-20(8-10-21)27(28,29)30/h6-10,13-15,17,31H,2,5,11-12,16H2,1,3-4H3,(H,36,37)/b19-15+. The number of hydrogen-bond donors (Lipinski definition) is 2. The monoisotopic (exact) mass is 577 g/mol. The second kappa shape index (κ2) is 13.1. The van der Waals surface area contributed by atoms with Crippen LogP contribution < -0.4 is 10.2 Å². The molecule has 0 aliphatic carbocycles. The van der Waals surface area contributed by atoms with Gasteiger partial charge in [-0.05, 0) is 55.7 Å². The zero-order valence-corrected chi connectivity index (χ0v) is 23.5. The number of rotatable bonds is 13. The molecule has 208 valence electrons. The fraction of sp³-hybridized carbons (Fsp3) is 0.333. The van der Waals surface area contributed by atoms with Crippen molar-refractivity contribution in [3.05, 3.63) is 83.3 Å². The molecule has 2 aromatic heterocycles. The van der Waals surface area contributed by atoms with Gasteiger partial charge >= 0.3 is 12.1 Å². The van der Waals surface area contributed by atoms with E-state index < -0.39 is 22.5 Å². The molecule has 0 spiro atoms. The number of anilines is 2. The molecule has 0 bridgehead atoms. The van der Waals surface area contributed by atoms with Gasteiger partial charge in [-0.25, -0.2) is 15.0 Å². The minimum absolute atomic E-state index is 0.389. The summed E-state index contributed by atoms with van der Waals surface area (Å²) >= 11 is 2.61. The van der Waals surface area contributed by atoms with Crippen molar-refractivity contribution in [3.63, 3.8) is 0 Å². The predicted octanol–water partition coefficient (Wildman–Crippen LogP) is 6.70. The van der Waals surface area contributed by atoms with Crippen LogP contribution in [0.5, 0.6) is 0 Å². The number of carbonyl (C=O) groups is 1. The number of benzene rings is 1. The summed E-state index contributed by atoms with van der Waals surface area (Å²) in [4.78, 5) is 27.0. The normalized spacial score (nSPS) is 12.3. The quantitative estimate of drug-likeness (QED) is 0.171. The van der Waals surface area contributed by atoms with Gasteiger partial charge in [0.25, 0.3) is 0 Å². The van der Waals surface area contributed by atoms with Gasteiger partial charge < -0.3 is 15.3 Å². The van der Waals surface area contributed by atoms with Crippen LogP contribution in [0.3, 0.4) is 0 Å². The summed E-state index contributed by atoms with van der Waals surface area (Å²) in [6.45, 7) is 10.1. The lowest BCUT2D eigenvalue weighted by Crippen LogP contribution is -2.30. The zero-order chi connectivity index (χ0) is 28.6. The molecule has 1 aromatic carbocycles. The first-order chi connectivity index (χ1) is 18.4. The van der Waals surface area contributed by atoms with Crippen molar-refractivity contribution >= 4 is 40.7 Å². The summed E-state index contributed by atoms with van der Waals surface area (Å²) in [6, 6.07) is 4.79. The molecule has 2 N–H and O–H groups in total. The number of hydrogen-bond acceptors (Lipinski definition) is 8. The molecule has 0 amide bonds. The Balaban J connectivity index is 1.74. The Morgan fingerprint density at radius 1 is 1.21 bits per heavy atom. The Bertz CT molecular complexity index is 1290. The van der Waals surface area contributed by atoms with Crippen molar-refractivity contribution in [2.75, 3.05) is 23.3 Å². The van der Waals surface area contributed by atoms with Crippen LogP contribution in [0, 0.1) is 0 Å². The van der Waals surface area contributed by atoms with Crippen LogP contribution in [-0.2, 0) is 23.8 Å². The molecule has 12 heteroatoms. The first-order valence-electron chi connectivity index (χ1n) is 12.1. The van der Waals surface area contributed by atoms with Gasteiger partial charge in [-0.3, -0.25) is 4.79 Å². The minimum atomic E-state index is -4.39. The lowest BCUT2D eigenvalue weighted by atomic mass is 10.2. The summed E-state index contributed by atoms with van der Waals surface area (Å²) in [5.74, 6) is -0.386. The number of aromatic nitrogens is 3. The smallest absolute Gasteiger partial charge is 0.416 e. The Labute approximate surface area is 233 Å². The van der Waals surface area contributed by atoms with Crippen LogP contribution in [0.15, 0.2) is 70.8 Å². The summed E-state index contributed by atoms with van der Waals surface area (Å²) < 4.78 is 38.2. The van der Waals surface area contributed by atoms with E-state index in [4.69, 9.17) is 0 Å². The number of carboxylic acid groups (broad SMARTS) is 1. The second-order valence-corrected chi connectivity index (χ2v) is 11.8. The molecular weight excluding hydrogens is 547 g/mol. The van der Waals surface area contributed by atoms with Crippen molar-refractivity contribution in [2.24, 2.45) is 0 Å². The topological polar surface area (TPSA) is 91.2 Å². The van der Waals surface area contributed by atoms with Crippen LogP contribution in [-0.4, -0.2) is 43.9 Å². The molecule has 3 rings (SSSR count). The van der Waals surface area contributed by atoms with Gasteiger partial charge in [0, 0.05) is 49.2 Å². The van der Waals surface area contributed by atoms with E-state index in [-0.39, 0.29) is 0 Å². The highest BCUT2D eigenvalue weighted by Gasteiger charge is 2.30. The molecule has 0 aliphatic heterocycles. The molecule has 0 fully saturated rings. The van der Waals surface area contributed by atoms with Crippen molar-refractivity contribution in [1.29, 1.82) is 0 Å². The number of nitrogens with one attached hydrogen (secondary N) is 1. The van der Waals surface area contributed by atoms with Crippen LogP contribution in [0.2, 0.25) is 0 Å². The van der Waals surface area contributed by atoms with Crippen LogP contribution in [0.4, 0.5) is 24.8 Å². The number of aliphatic carboxylic acids is 1. The third-order valence-corrected chi connectivity index (χ3v) is 7.85. The molecule has 0 radical (unpaired) electrons. The third-order valence-electron chi connectivity index (χ3n) is 5.68. The average Bonchev–Trinajstić information content (AvgIpc) is 3.34. The van der Waals surface area contributed by atoms with Crippen LogP contribution >= 0.6 is 23.1 Å². The maximum atomic E-state index is 12.8. The first kappa shape index (κ1) is 30.2. The maximum Gasteiger partial charge on any atom is 0.416 e. The number of alkyl halides is 3. The Kier molecular flexibility index (Phi) is 10.1. The fourth-order valence-electron chi connectivity index (χ4n) is 3.23. The van der Waals surface area contributed by atoms with Gasteiger partial charge in [-0.1, -0.05) is 31.3 Å². The zero-order valence-electron chi connectivity index (χ0n) is 21.8. The van der Waals surface area contributed by atoms with Crippen molar-refractivity contribution in [2.45, 2.75) is 48.9 Å². The van der Waals surface area contributed by atoms with Gasteiger partial charge in [0.05, 0.1) is 11.3 Å². The fourth-order valence-corrected chi connectivity index (χ4v) is 5.45. The molecule has 39 heavy (non-hydrogen) atoms. The van der Waals surface area contributed by atoms with Gasteiger partial charge in [0.15, 0.2) is 4.34 Å². The average molecular weight is 578 g/mol. The molecular formula is C27H30F3N5O2S2. The number of nitrogens with zero attached hydrogens (tertiary/aromatic N) is 4. The highest BCUT2D eigenvalue weighted by atomic mass is 32.2. The number of aryl methyl sites for hydroxylation is 1. The van der Waals surface area contributed by atoms with E-state index in [9.17, 15) is 23.1 Å². The van der Waals surface area contributed by atoms with Gasteiger partial charge in [0.1, 0.15) is 4.75 Å². The molecule has 0 saturated carbocycles. The lowest BCUT2D eigenvalue weighted by Gasteiger charge is -2.23. The Morgan fingerprint density at radius 2 is 1.87 bits per heavy atom. The molecule has 0 atom stereocenters. The van der Waals surface area contributed by atoms with Crippen molar-refractivity contribution in [1.82, 2.24) is 15.0 Å². The first-order valence-corrected chi connectivity index (χ1v) is 13.8. The van der Waals surface area contributed by atoms with Crippen molar-refractivity contribution in [3.8, 4) is 0 Å². The predicted molar refractivity (Wildman–Crippen MR) is 150 cm³/mol. The summed E-state index contributed by atoms with van der Waals surface area (Å²) in [5.41, 5.74) is 2.40. The molecule has 0 saturated heterocycles. The Hall–Kier alpha value is -3.38. The molecule has 0 unspecified atom stereocenters. The molecule has 7 nitrogen and oxygen atoms in total. The van der Waals surface area contributed by atoms with E-state index in [2.05, 4.69) is 26.8 Å². The van der Waals surface area contributed by atoms with Crippen LogP contribution in [0.1, 0.15) is 37.6 Å². The van der Waals surface area contributed by atoms with Gasteiger partial charge in [-0.2, -0.15) is 13.2 Å². The molecule has 0 aliphatic rings. The van der Waals surface area contributed by atoms with E-state index in [1.807, 2.05) is 17.2 Å². The second-order valence-electron chi connectivity index (χ2n) is 9.08. The summed E-state index contributed by atoms with van der Waals surface area (Å²) in [6.07, 6.45) is 3.89. The van der Waals surface area contributed by atoms with E-state index in [0.29, 0.717) is 35.5 Å². The van der Waals surface area contributed by atoms with E-state index in [1.54, 1.807) is 38.5 Å². The van der Waals surface area contributed by atoms with E-state index >= 15 is 0 Å². The van der Waals surface area contributed by atoms with E-state index in [0.717, 1.165) is 35.4 Å². The highest BCUT2D eigenvalue weighted by molar-refractivity contribution is 8.03. The third kappa shape index (κ3) is 8.82. The SMILES string of the molecule is C=C/C(=C\Nc1ccc(C(F)(F)F)cc1)CN(CCc1csc(SC(C)(C)C(=O)O)n1)c1ncc(CC)cn1. The van der Waals surface area contributed by atoms with E-state index in [1.165, 1.54) is 35.2 Å². The lowest BCUT2D eigenvalue weighted by molar-refractivity contribution is -0.139. The van der Waals surface area contributed by atoms with Crippen molar-refractivity contribution < 1.29 is 23.1 Å². The van der Waals surface area contributed by atoms with Gasteiger partial charge in [0.2, 0.25) is 5.95 Å². The summed E-state index contributed by atoms with van der Waals surface area (Å²) in [7, 11) is 0. The van der Waals surface area contributed by atoms with Gasteiger partial charge in [-0.15, -0.1) is 11.3 Å². The minimum Gasteiger partial charge on any atom is -0.480 e. The number of thiazole rings is 1. The number of thioether (sulfide) groups is 1. The highest BCUT2D eigenvalue weighted by Crippen LogP contribution is 2.35. The van der Waals surface area contributed by atoms with Crippen LogP contribution in [0.25, 0.3) is 0 Å². The Morgan fingerprint density at radius 3 is 2.44 bits per heavy atom. The maximum absolute atomic E-state index is 12.8. The molecule has 3 aromatic rings. The number of halogens is 3.